The molecule has 208 valence electrons. The average Bonchev–Trinajstić information content (AvgIpc) is 3.45. The molecule has 1 N–H and O–H groups in total. The molecule has 40 heavy (non-hydrogen) atoms. The molecule has 0 atom stereocenters. The van der Waals surface area contributed by atoms with Crippen LogP contribution in [0.3, 0.4) is 0 Å². The first-order valence-corrected chi connectivity index (χ1v) is 14.4. The van der Waals surface area contributed by atoms with Gasteiger partial charge in [-0.25, -0.2) is 0 Å². The minimum absolute atomic E-state index is 0.0775. The second kappa shape index (κ2) is 10.3. The Morgan fingerprint density at radius 2 is 1.32 bits per heavy atom. The minimum Gasteiger partial charge on any atom is -0.344 e. The fraction of sp³-hybridized carbons (Fsp3) is 0.371. The van der Waals surface area contributed by atoms with E-state index in [-0.39, 0.29) is 22.5 Å². The van der Waals surface area contributed by atoms with Gasteiger partial charge < -0.3 is 15.1 Å². The average molecular weight is 536 g/mol. The first-order valence-electron chi connectivity index (χ1n) is 14.4. The number of anilines is 3. The van der Waals surface area contributed by atoms with Gasteiger partial charge in [0, 0.05) is 70.4 Å². The summed E-state index contributed by atoms with van der Waals surface area (Å²) in [5.74, 6) is 0.0701. The Morgan fingerprint density at radius 1 is 0.800 bits per heavy atom. The Kier molecular flexibility index (Phi) is 7.11. The zero-order chi connectivity index (χ0) is 28.8. The summed E-state index contributed by atoms with van der Waals surface area (Å²) in [5.41, 5.74) is 9.49. The maximum atomic E-state index is 13.5. The van der Waals surface area contributed by atoms with Gasteiger partial charge in [-0.2, -0.15) is 0 Å². The van der Waals surface area contributed by atoms with Crippen LogP contribution in [0.4, 0.5) is 17.1 Å². The number of rotatable bonds is 5. The van der Waals surface area contributed by atoms with E-state index < -0.39 is 0 Å². The molecule has 2 aliphatic heterocycles. The number of hydrogen-bond donors (Lipinski definition) is 1. The highest BCUT2D eigenvalue weighted by Crippen LogP contribution is 2.49. The van der Waals surface area contributed by atoms with E-state index in [9.17, 15) is 9.59 Å². The molecule has 5 heteroatoms. The number of hydrogen-bond acceptors (Lipinski definition) is 4. The van der Waals surface area contributed by atoms with Crippen LogP contribution in [0.25, 0.3) is 0 Å². The van der Waals surface area contributed by atoms with Gasteiger partial charge in [0.25, 0.3) is 0 Å². The Hall–Kier alpha value is -3.86. The molecule has 2 aromatic rings. The molecule has 1 saturated carbocycles. The molecule has 2 heterocycles. The topological polar surface area (TPSA) is 52.6 Å². The van der Waals surface area contributed by atoms with Crippen LogP contribution in [0.5, 0.6) is 0 Å². The predicted octanol–water partition coefficient (Wildman–Crippen LogP) is 7.56. The van der Waals surface area contributed by atoms with Crippen molar-refractivity contribution in [3.05, 3.63) is 100 Å². The zero-order valence-electron chi connectivity index (χ0n) is 24.9. The molecule has 1 aliphatic carbocycles. The summed E-state index contributed by atoms with van der Waals surface area (Å²) in [7, 11) is 0. The lowest BCUT2D eigenvalue weighted by Gasteiger charge is -2.26. The summed E-state index contributed by atoms with van der Waals surface area (Å²) < 4.78 is 0. The van der Waals surface area contributed by atoms with Crippen LogP contribution < -0.4 is 15.1 Å². The monoisotopic (exact) mass is 535 g/mol. The molecular weight excluding hydrogens is 494 g/mol. The molecule has 0 bridgehead atoms. The maximum Gasteiger partial charge on any atom is 0.221 e. The van der Waals surface area contributed by atoms with Crippen LogP contribution in [0.1, 0.15) is 72.4 Å². The molecule has 0 spiro atoms. The van der Waals surface area contributed by atoms with E-state index in [0.717, 1.165) is 54.1 Å². The number of fused-ring (bicyclic) bond motifs is 2. The van der Waals surface area contributed by atoms with Gasteiger partial charge in [0.2, 0.25) is 5.91 Å². The number of likely N-dealkylation sites (N-methyl/N-ethyl adjacent to an activating group) is 2. The van der Waals surface area contributed by atoms with Gasteiger partial charge in [0.15, 0.2) is 5.78 Å². The number of nitrogens with zero attached hydrogens (tertiary/aromatic N) is 2. The van der Waals surface area contributed by atoms with Gasteiger partial charge in [-0.3, -0.25) is 9.59 Å². The van der Waals surface area contributed by atoms with Crippen LogP contribution in [0.15, 0.2) is 89.3 Å². The number of benzene rings is 2. The van der Waals surface area contributed by atoms with Crippen molar-refractivity contribution >= 4 is 28.8 Å². The van der Waals surface area contributed by atoms with E-state index in [2.05, 4.69) is 111 Å². The van der Waals surface area contributed by atoms with Gasteiger partial charge >= 0.3 is 0 Å². The van der Waals surface area contributed by atoms with E-state index >= 15 is 0 Å². The predicted molar refractivity (Wildman–Crippen MR) is 166 cm³/mol. The van der Waals surface area contributed by atoms with Crippen LogP contribution in [-0.4, -0.2) is 24.8 Å². The Bertz CT molecular complexity index is 1500. The lowest BCUT2D eigenvalue weighted by molar-refractivity contribution is -0.114. The normalized spacial score (nSPS) is 23.0. The highest BCUT2D eigenvalue weighted by molar-refractivity contribution is 6.11. The Labute approximate surface area is 238 Å². The van der Waals surface area contributed by atoms with Crippen molar-refractivity contribution in [2.45, 2.75) is 72.1 Å². The van der Waals surface area contributed by atoms with Crippen molar-refractivity contribution < 1.29 is 9.59 Å². The van der Waals surface area contributed by atoms with Gasteiger partial charge in [0.1, 0.15) is 0 Å². The molecule has 0 aromatic heterocycles. The van der Waals surface area contributed by atoms with Gasteiger partial charge in [0.05, 0.1) is 0 Å². The Balaban J connectivity index is 1.42. The molecule has 0 saturated heterocycles. The molecule has 5 nitrogen and oxygen atoms in total. The van der Waals surface area contributed by atoms with Crippen molar-refractivity contribution in [3.63, 3.8) is 0 Å². The van der Waals surface area contributed by atoms with Crippen LogP contribution >= 0.6 is 0 Å². The van der Waals surface area contributed by atoms with Crippen molar-refractivity contribution in [1.82, 2.24) is 0 Å². The molecule has 3 aliphatic rings. The zero-order valence-corrected chi connectivity index (χ0v) is 24.9. The summed E-state index contributed by atoms with van der Waals surface area (Å²) in [6.45, 7) is 16.5. The molecule has 1 amide bonds. The standard InChI is InChI=1S/C35H41N3O2/c1-8-37-29-13-11-10-12-27(29)34(4,5)31(37)20-16-24-14-15-25(33(24)40)17-21-32-35(6,7)28-22-26(36-23(3)39)18-19-30(28)38(32)9-2/h10-13,16-22H,8-9,14-15H2,1-7H3,(H,36,39)/b24-16+,25-17+,31-20+,32-21+. The van der Waals surface area contributed by atoms with Crippen LogP contribution in [0, 0.1) is 0 Å². The summed E-state index contributed by atoms with van der Waals surface area (Å²) in [5, 5.41) is 2.91. The third-order valence-electron chi connectivity index (χ3n) is 8.78. The number of Topliss-reactive ketones (excluding diaryl/α,β-unsaturated/α-hetero) is 1. The molecule has 2 aromatic carbocycles. The smallest absolute Gasteiger partial charge is 0.221 e. The lowest BCUT2D eigenvalue weighted by atomic mass is 9.83. The van der Waals surface area contributed by atoms with Crippen molar-refractivity contribution in [3.8, 4) is 0 Å². The summed E-state index contributed by atoms with van der Waals surface area (Å²) >= 11 is 0. The van der Waals surface area contributed by atoms with Crippen molar-refractivity contribution in [2.75, 3.05) is 28.2 Å². The largest absolute Gasteiger partial charge is 0.344 e. The fourth-order valence-corrected chi connectivity index (χ4v) is 6.66. The number of amides is 1. The number of nitrogens with one attached hydrogen (secondary N) is 1. The quantitative estimate of drug-likeness (QED) is 0.401. The van der Waals surface area contributed by atoms with E-state index in [1.807, 2.05) is 12.1 Å². The highest BCUT2D eigenvalue weighted by Gasteiger charge is 2.40. The van der Waals surface area contributed by atoms with E-state index in [0.29, 0.717) is 0 Å². The molecular formula is C35H41N3O2. The summed E-state index contributed by atoms with van der Waals surface area (Å²) in [4.78, 5) is 29.8. The summed E-state index contributed by atoms with van der Waals surface area (Å²) in [6.07, 6.45) is 9.90. The second-order valence-corrected chi connectivity index (χ2v) is 12.0. The van der Waals surface area contributed by atoms with E-state index in [1.54, 1.807) is 0 Å². The SMILES string of the molecule is CCN1/C(=C/C=C2\CC/C(=C\C=C3\N(CC)c4ccc(NC(C)=O)cc4C3(C)C)C2=O)C(C)(C)c2ccccc21. The van der Waals surface area contributed by atoms with Gasteiger partial charge in [-0.05, 0) is 74.2 Å². The lowest BCUT2D eigenvalue weighted by Crippen LogP contribution is -2.25. The number of ketones is 1. The summed E-state index contributed by atoms with van der Waals surface area (Å²) in [6, 6.07) is 14.7. The van der Waals surface area contributed by atoms with Crippen LogP contribution in [-0.2, 0) is 20.4 Å². The maximum absolute atomic E-state index is 13.5. The fourth-order valence-electron chi connectivity index (χ4n) is 6.66. The molecule has 0 unspecified atom stereocenters. The highest BCUT2D eigenvalue weighted by atomic mass is 16.1. The third kappa shape index (κ3) is 4.51. The molecule has 1 fully saturated rings. The van der Waals surface area contributed by atoms with Crippen molar-refractivity contribution in [2.24, 2.45) is 0 Å². The van der Waals surface area contributed by atoms with Crippen molar-refractivity contribution in [1.29, 1.82) is 0 Å². The van der Waals surface area contributed by atoms with E-state index in [4.69, 9.17) is 0 Å². The Morgan fingerprint density at radius 3 is 1.88 bits per heavy atom. The third-order valence-corrected chi connectivity index (χ3v) is 8.78. The number of carbonyl (C=O) groups is 2. The van der Waals surface area contributed by atoms with E-state index in [1.165, 1.54) is 29.4 Å². The molecule has 5 rings (SSSR count). The number of carbonyl (C=O) groups excluding carboxylic acids is 2. The number of para-hydroxylation sites is 1. The van der Waals surface area contributed by atoms with Crippen LogP contribution in [0.2, 0.25) is 0 Å². The van der Waals surface area contributed by atoms with Gasteiger partial charge in [-0.15, -0.1) is 0 Å². The van der Waals surface area contributed by atoms with Gasteiger partial charge in [-0.1, -0.05) is 58.0 Å². The molecule has 0 radical (unpaired) electrons. The first kappa shape index (κ1) is 27.7. The minimum atomic E-state index is -0.256. The number of allylic oxidation sites excluding steroid dienone is 8. The second-order valence-electron chi connectivity index (χ2n) is 12.0. The first-order chi connectivity index (χ1) is 19.0.